The first-order valence-electron chi connectivity index (χ1n) is 6.38. The Morgan fingerprint density at radius 2 is 2.11 bits per heavy atom. The second-order valence-corrected chi connectivity index (χ2v) is 6.78. The summed E-state index contributed by atoms with van der Waals surface area (Å²) >= 11 is 3.40. The third-order valence-electron chi connectivity index (χ3n) is 3.27. The number of carboxylic acid groups (broad SMARTS) is 1. The fourth-order valence-electron chi connectivity index (χ4n) is 2.16. The molecule has 0 aliphatic heterocycles. The van der Waals surface area contributed by atoms with E-state index in [1.54, 1.807) is 11.8 Å². The topological polar surface area (TPSA) is 78.4 Å². The molecule has 1 saturated carbocycles. The van der Waals surface area contributed by atoms with E-state index in [1.807, 2.05) is 18.0 Å². The van der Waals surface area contributed by atoms with Crippen molar-refractivity contribution in [1.82, 2.24) is 10.6 Å². The lowest BCUT2D eigenvalue weighted by molar-refractivity contribution is -0.139. The maximum absolute atomic E-state index is 11.8. The van der Waals surface area contributed by atoms with E-state index in [9.17, 15) is 9.59 Å². The lowest BCUT2D eigenvalue weighted by Gasteiger charge is -2.17. The van der Waals surface area contributed by atoms with Gasteiger partial charge in [-0.3, -0.25) is 0 Å². The number of amides is 2. The van der Waals surface area contributed by atoms with Crippen LogP contribution in [0, 0.1) is 0 Å². The van der Waals surface area contributed by atoms with Crippen LogP contribution >= 0.6 is 23.5 Å². The fraction of sp³-hybridized carbons (Fsp3) is 0.833. The number of rotatable bonds is 7. The molecule has 7 heteroatoms. The second-order valence-electron chi connectivity index (χ2n) is 4.66. The average Bonchev–Trinajstić information content (AvgIpc) is 2.81. The van der Waals surface area contributed by atoms with Crippen LogP contribution in [0.15, 0.2) is 0 Å². The minimum Gasteiger partial charge on any atom is -0.480 e. The Bertz CT molecular complexity index is 315. The number of carboxylic acids is 1. The van der Waals surface area contributed by atoms with E-state index >= 15 is 0 Å². The Balaban J connectivity index is 2.34. The standard InChI is InChI=1S/C12H22N2O3S2/c1-18-6-5-10(11(15)16)14-12(17)13-8-3-4-9(7-8)19-2/h8-10H,3-7H2,1-2H3,(H,15,16)(H2,13,14,17). The molecular weight excluding hydrogens is 284 g/mol. The Morgan fingerprint density at radius 1 is 1.37 bits per heavy atom. The molecule has 0 aromatic rings. The van der Waals surface area contributed by atoms with E-state index in [0.717, 1.165) is 25.0 Å². The van der Waals surface area contributed by atoms with E-state index in [4.69, 9.17) is 5.11 Å². The molecule has 0 heterocycles. The van der Waals surface area contributed by atoms with Crippen molar-refractivity contribution >= 4 is 35.5 Å². The average molecular weight is 306 g/mol. The lowest BCUT2D eigenvalue weighted by atomic mass is 10.2. The van der Waals surface area contributed by atoms with Crippen molar-refractivity contribution in [3.05, 3.63) is 0 Å². The highest BCUT2D eigenvalue weighted by Crippen LogP contribution is 2.27. The van der Waals surface area contributed by atoms with Crippen molar-refractivity contribution < 1.29 is 14.7 Å². The minimum atomic E-state index is -0.974. The molecule has 3 unspecified atom stereocenters. The molecule has 5 nitrogen and oxygen atoms in total. The molecule has 110 valence electrons. The number of carbonyl (C=O) groups excluding carboxylic acids is 1. The first-order valence-corrected chi connectivity index (χ1v) is 9.06. The van der Waals surface area contributed by atoms with Crippen LogP contribution in [0.25, 0.3) is 0 Å². The third kappa shape index (κ3) is 5.95. The molecule has 0 aromatic carbocycles. The highest BCUT2D eigenvalue weighted by molar-refractivity contribution is 7.99. The quantitative estimate of drug-likeness (QED) is 0.668. The lowest BCUT2D eigenvalue weighted by Crippen LogP contribution is -2.48. The molecule has 19 heavy (non-hydrogen) atoms. The number of hydrogen-bond donors (Lipinski definition) is 3. The van der Waals surface area contributed by atoms with E-state index in [2.05, 4.69) is 16.9 Å². The minimum absolute atomic E-state index is 0.174. The molecule has 1 aliphatic carbocycles. The van der Waals surface area contributed by atoms with Gasteiger partial charge in [0.05, 0.1) is 0 Å². The van der Waals surface area contributed by atoms with Gasteiger partial charge in [-0.25, -0.2) is 9.59 Å². The van der Waals surface area contributed by atoms with Crippen LogP contribution in [-0.2, 0) is 4.79 Å². The molecule has 0 bridgehead atoms. The van der Waals surface area contributed by atoms with Crippen molar-refractivity contribution in [2.24, 2.45) is 0 Å². The van der Waals surface area contributed by atoms with E-state index < -0.39 is 12.0 Å². The Kier molecular flexibility index (Phi) is 7.45. The van der Waals surface area contributed by atoms with Crippen LogP contribution in [-0.4, -0.2) is 52.7 Å². The van der Waals surface area contributed by atoms with Gasteiger partial charge in [-0.15, -0.1) is 0 Å². The van der Waals surface area contributed by atoms with Gasteiger partial charge in [-0.05, 0) is 43.9 Å². The van der Waals surface area contributed by atoms with Gasteiger partial charge >= 0.3 is 12.0 Å². The Hall–Kier alpha value is -0.560. The molecular formula is C12H22N2O3S2. The molecule has 0 saturated heterocycles. The monoisotopic (exact) mass is 306 g/mol. The molecule has 1 aliphatic rings. The van der Waals surface area contributed by atoms with Gasteiger partial charge in [0, 0.05) is 11.3 Å². The number of nitrogens with one attached hydrogen (secondary N) is 2. The van der Waals surface area contributed by atoms with Gasteiger partial charge in [0.15, 0.2) is 0 Å². The van der Waals surface area contributed by atoms with Crippen LogP contribution in [0.5, 0.6) is 0 Å². The summed E-state index contributed by atoms with van der Waals surface area (Å²) in [4.78, 5) is 22.8. The smallest absolute Gasteiger partial charge is 0.326 e. The summed E-state index contributed by atoms with van der Waals surface area (Å²) in [5.41, 5.74) is 0. The van der Waals surface area contributed by atoms with Gasteiger partial charge in [-0.2, -0.15) is 23.5 Å². The molecule has 1 fully saturated rings. The molecule has 0 aromatic heterocycles. The zero-order valence-corrected chi connectivity index (χ0v) is 13.0. The molecule has 3 N–H and O–H groups in total. The van der Waals surface area contributed by atoms with Gasteiger partial charge in [0.25, 0.3) is 0 Å². The summed E-state index contributed by atoms with van der Waals surface area (Å²) in [5, 5.41) is 15.1. The van der Waals surface area contributed by atoms with Crippen molar-refractivity contribution in [2.45, 2.75) is 43.0 Å². The zero-order chi connectivity index (χ0) is 14.3. The first kappa shape index (κ1) is 16.5. The summed E-state index contributed by atoms with van der Waals surface area (Å²) in [7, 11) is 0. The molecule has 0 radical (unpaired) electrons. The number of hydrogen-bond acceptors (Lipinski definition) is 4. The van der Waals surface area contributed by atoms with Gasteiger partial charge in [-0.1, -0.05) is 0 Å². The third-order valence-corrected chi connectivity index (χ3v) is 5.01. The SMILES string of the molecule is CSCCC(NC(=O)NC1CCC(SC)C1)C(=O)O. The summed E-state index contributed by atoms with van der Waals surface area (Å²) in [6.07, 6.45) is 7.50. The summed E-state index contributed by atoms with van der Waals surface area (Å²) in [5.74, 6) is -0.257. The number of aliphatic carboxylic acids is 1. The fourth-order valence-corrected chi connectivity index (χ4v) is 3.43. The van der Waals surface area contributed by atoms with Gasteiger partial charge < -0.3 is 15.7 Å². The molecule has 1 rings (SSSR count). The van der Waals surface area contributed by atoms with Crippen LogP contribution in [0.1, 0.15) is 25.7 Å². The summed E-state index contributed by atoms with van der Waals surface area (Å²) in [6.45, 7) is 0. The largest absolute Gasteiger partial charge is 0.480 e. The van der Waals surface area contributed by atoms with E-state index in [1.165, 1.54) is 0 Å². The number of thioether (sulfide) groups is 2. The van der Waals surface area contributed by atoms with Crippen LogP contribution in [0.3, 0.4) is 0 Å². The zero-order valence-electron chi connectivity index (χ0n) is 11.3. The van der Waals surface area contributed by atoms with Crippen molar-refractivity contribution in [3.8, 4) is 0 Å². The normalized spacial score (nSPS) is 23.9. The van der Waals surface area contributed by atoms with Crippen molar-refractivity contribution in [3.63, 3.8) is 0 Å². The first-order chi connectivity index (χ1) is 9.06. The van der Waals surface area contributed by atoms with E-state index in [0.29, 0.717) is 11.7 Å². The van der Waals surface area contributed by atoms with Gasteiger partial charge in [0.2, 0.25) is 0 Å². The van der Waals surface area contributed by atoms with Crippen LogP contribution < -0.4 is 10.6 Å². The highest BCUT2D eigenvalue weighted by Gasteiger charge is 2.26. The predicted molar refractivity (Wildman–Crippen MR) is 81.0 cm³/mol. The van der Waals surface area contributed by atoms with E-state index in [-0.39, 0.29) is 12.1 Å². The summed E-state index contributed by atoms with van der Waals surface area (Å²) < 4.78 is 0. The van der Waals surface area contributed by atoms with Crippen molar-refractivity contribution in [1.29, 1.82) is 0 Å². The summed E-state index contributed by atoms with van der Waals surface area (Å²) in [6, 6.07) is -0.988. The molecule has 3 atom stereocenters. The second kappa shape index (κ2) is 8.58. The number of urea groups is 1. The molecule has 2 amide bonds. The van der Waals surface area contributed by atoms with Crippen LogP contribution in [0.4, 0.5) is 4.79 Å². The Labute approximate surface area is 122 Å². The maximum Gasteiger partial charge on any atom is 0.326 e. The van der Waals surface area contributed by atoms with Crippen molar-refractivity contribution in [2.75, 3.05) is 18.3 Å². The molecule has 0 spiro atoms. The number of carbonyl (C=O) groups is 2. The predicted octanol–water partition coefficient (Wildman–Crippen LogP) is 1.78. The highest BCUT2D eigenvalue weighted by atomic mass is 32.2. The maximum atomic E-state index is 11.8. The Morgan fingerprint density at radius 3 is 2.63 bits per heavy atom. The van der Waals surface area contributed by atoms with Gasteiger partial charge in [0.1, 0.15) is 6.04 Å². The van der Waals surface area contributed by atoms with Crippen LogP contribution in [0.2, 0.25) is 0 Å².